The third-order valence-corrected chi connectivity index (χ3v) is 4.55. The maximum absolute atomic E-state index is 5.81. The lowest BCUT2D eigenvalue weighted by Gasteiger charge is -2.04. The van der Waals surface area contributed by atoms with Crippen molar-refractivity contribution in [2.45, 2.75) is 9.79 Å². The maximum atomic E-state index is 5.81. The van der Waals surface area contributed by atoms with Crippen LogP contribution in [-0.2, 0) is 0 Å². The van der Waals surface area contributed by atoms with E-state index in [1.807, 2.05) is 36.4 Å². The molecule has 0 aliphatic rings. The van der Waals surface area contributed by atoms with Gasteiger partial charge >= 0.3 is 0 Å². The third kappa shape index (κ3) is 1.97. The number of hydrogen-bond acceptors (Lipinski definition) is 5. The fraction of sp³-hybridized carbons (Fsp3) is 0. The number of hydrogen-bond donors (Lipinski definition) is 1. The van der Waals surface area contributed by atoms with Crippen molar-refractivity contribution in [1.82, 2.24) is 10.3 Å². The van der Waals surface area contributed by atoms with Crippen LogP contribution in [0.5, 0.6) is 0 Å². The zero-order chi connectivity index (χ0) is 12.5. The number of nitrogen functional groups attached to an aromatic ring is 1. The Bertz CT molecular complexity index is 713. The minimum atomic E-state index is 0.572. The van der Waals surface area contributed by atoms with Crippen LogP contribution >= 0.6 is 27.7 Å². The molecule has 0 saturated heterocycles. The summed E-state index contributed by atoms with van der Waals surface area (Å²) in [6, 6.07) is 11.7. The first kappa shape index (κ1) is 11.6. The number of fused-ring (bicyclic) bond motifs is 1. The van der Waals surface area contributed by atoms with Crippen molar-refractivity contribution < 1.29 is 4.63 Å². The molecule has 3 aromatic rings. The Morgan fingerprint density at radius 2 is 1.78 bits per heavy atom. The molecule has 1 aromatic heterocycles. The summed E-state index contributed by atoms with van der Waals surface area (Å²) in [7, 11) is 0. The van der Waals surface area contributed by atoms with Crippen molar-refractivity contribution in [2.24, 2.45) is 0 Å². The zero-order valence-electron chi connectivity index (χ0n) is 9.13. The molecule has 0 atom stereocenters. The lowest BCUT2D eigenvalue weighted by atomic mass is 10.3. The summed E-state index contributed by atoms with van der Waals surface area (Å²) in [6.45, 7) is 0. The molecule has 0 spiro atoms. The summed E-state index contributed by atoms with van der Waals surface area (Å²) in [5.41, 5.74) is 7.68. The number of aromatic nitrogens is 2. The second-order valence-electron chi connectivity index (χ2n) is 3.65. The van der Waals surface area contributed by atoms with E-state index in [-0.39, 0.29) is 0 Å². The van der Waals surface area contributed by atoms with E-state index < -0.39 is 0 Å². The van der Waals surface area contributed by atoms with Crippen molar-refractivity contribution in [1.29, 1.82) is 0 Å². The molecule has 2 N–H and O–H groups in total. The second kappa shape index (κ2) is 4.62. The average molecular weight is 322 g/mol. The summed E-state index contributed by atoms with van der Waals surface area (Å²) in [5.74, 6) is 0. The Balaban J connectivity index is 2.08. The smallest absolute Gasteiger partial charge is 0.159 e. The lowest BCUT2D eigenvalue weighted by molar-refractivity contribution is 0.315. The molecule has 18 heavy (non-hydrogen) atoms. The molecule has 0 saturated carbocycles. The second-order valence-corrected chi connectivity index (χ2v) is 5.58. The van der Waals surface area contributed by atoms with Crippen molar-refractivity contribution in [2.75, 3.05) is 5.73 Å². The van der Waals surface area contributed by atoms with Gasteiger partial charge in [-0.05, 0) is 50.5 Å². The van der Waals surface area contributed by atoms with Gasteiger partial charge in [0.05, 0.1) is 5.69 Å². The Morgan fingerprint density at radius 3 is 2.61 bits per heavy atom. The van der Waals surface area contributed by atoms with E-state index in [9.17, 15) is 0 Å². The van der Waals surface area contributed by atoms with E-state index in [0.717, 1.165) is 14.3 Å². The van der Waals surface area contributed by atoms with Gasteiger partial charge in [-0.25, -0.2) is 4.63 Å². The van der Waals surface area contributed by atoms with Crippen LogP contribution < -0.4 is 5.73 Å². The molecule has 0 fully saturated rings. The largest absolute Gasteiger partial charge is 0.397 e. The van der Waals surface area contributed by atoms with Gasteiger partial charge in [0.2, 0.25) is 0 Å². The molecular formula is C12H8BrN3OS. The molecule has 0 amide bonds. The zero-order valence-corrected chi connectivity index (χ0v) is 11.5. The number of rotatable bonds is 2. The van der Waals surface area contributed by atoms with E-state index in [2.05, 4.69) is 26.2 Å². The number of benzene rings is 2. The molecule has 90 valence electrons. The van der Waals surface area contributed by atoms with Crippen LogP contribution in [0, 0.1) is 0 Å². The molecule has 1 heterocycles. The van der Waals surface area contributed by atoms with Crippen LogP contribution in [0.1, 0.15) is 0 Å². The molecule has 6 heteroatoms. The Hall–Kier alpha value is -1.53. The predicted molar refractivity (Wildman–Crippen MR) is 74.5 cm³/mol. The van der Waals surface area contributed by atoms with Gasteiger partial charge in [-0.3, -0.25) is 0 Å². The highest BCUT2D eigenvalue weighted by molar-refractivity contribution is 9.10. The molecule has 4 nitrogen and oxygen atoms in total. The summed E-state index contributed by atoms with van der Waals surface area (Å²) >= 11 is 5.11. The molecule has 0 aliphatic carbocycles. The highest BCUT2D eigenvalue weighted by Gasteiger charge is 2.12. The van der Waals surface area contributed by atoms with E-state index in [1.54, 1.807) is 11.8 Å². The Kier molecular flexibility index (Phi) is 2.97. The predicted octanol–water partition coefficient (Wildman–Crippen LogP) is 3.72. The standard InChI is InChI=1S/C12H8BrN3OS/c13-7-3-1-2-4-9(7)18-10-6-5-8(14)11-12(10)16-17-15-11/h1-6H,14H2. The van der Waals surface area contributed by atoms with Crippen LogP contribution in [0.4, 0.5) is 5.69 Å². The maximum Gasteiger partial charge on any atom is 0.159 e. The summed E-state index contributed by atoms with van der Waals surface area (Å²) in [6.07, 6.45) is 0. The molecule has 2 aromatic carbocycles. The number of anilines is 1. The number of halogens is 1. The normalized spacial score (nSPS) is 10.9. The van der Waals surface area contributed by atoms with Gasteiger partial charge in [0.15, 0.2) is 11.0 Å². The van der Waals surface area contributed by atoms with E-state index in [1.165, 1.54) is 0 Å². The van der Waals surface area contributed by atoms with E-state index in [4.69, 9.17) is 10.4 Å². The molecule has 3 rings (SSSR count). The summed E-state index contributed by atoms with van der Waals surface area (Å²) < 4.78 is 5.79. The van der Waals surface area contributed by atoms with Crippen molar-refractivity contribution in [3.63, 3.8) is 0 Å². The monoisotopic (exact) mass is 321 g/mol. The minimum absolute atomic E-state index is 0.572. The third-order valence-electron chi connectivity index (χ3n) is 2.47. The quantitative estimate of drug-likeness (QED) is 0.729. The minimum Gasteiger partial charge on any atom is -0.397 e. The summed E-state index contributed by atoms with van der Waals surface area (Å²) in [5, 5.41) is 7.71. The molecule has 0 bridgehead atoms. The van der Waals surface area contributed by atoms with Crippen LogP contribution in [-0.4, -0.2) is 10.3 Å². The Labute approximate surface area is 116 Å². The molecular weight excluding hydrogens is 314 g/mol. The molecule has 0 unspecified atom stereocenters. The van der Waals surface area contributed by atoms with Gasteiger partial charge in [0.1, 0.15) is 0 Å². The molecule has 0 aliphatic heterocycles. The Morgan fingerprint density at radius 1 is 1.00 bits per heavy atom. The van der Waals surface area contributed by atoms with Gasteiger partial charge in [-0.1, -0.05) is 23.9 Å². The first-order valence-electron chi connectivity index (χ1n) is 5.19. The topological polar surface area (TPSA) is 64.9 Å². The lowest BCUT2D eigenvalue weighted by Crippen LogP contribution is -1.87. The number of nitrogens with two attached hydrogens (primary N) is 1. The average Bonchev–Trinajstić information content (AvgIpc) is 2.85. The van der Waals surface area contributed by atoms with Gasteiger partial charge in [-0.15, -0.1) is 0 Å². The highest BCUT2D eigenvalue weighted by Crippen LogP contribution is 2.37. The fourth-order valence-corrected chi connectivity index (χ4v) is 3.03. The van der Waals surface area contributed by atoms with Crippen molar-refractivity contribution in [3.05, 3.63) is 40.9 Å². The highest BCUT2D eigenvalue weighted by atomic mass is 79.9. The van der Waals surface area contributed by atoms with Crippen LogP contribution in [0.25, 0.3) is 11.0 Å². The van der Waals surface area contributed by atoms with E-state index in [0.29, 0.717) is 16.7 Å². The van der Waals surface area contributed by atoms with Crippen molar-refractivity contribution in [3.8, 4) is 0 Å². The first-order chi connectivity index (χ1) is 8.75. The molecule has 0 radical (unpaired) electrons. The van der Waals surface area contributed by atoms with Crippen LogP contribution in [0.2, 0.25) is 0 Å². The number of nitrogens with zero attached hydrogens (tertiary/aromatic N) is 2. The van der Waals surface area contributed by atoms with Gasteiger partial charge in [0.25, 0.3) is 0 Å². The first-order valence-corrected chi connectivity index (χ1v) is 6.80. The SMILES string of the molecule is Nc1ccc(Sc2ccccc2Br)c2nonc12. The van der Waals surface area contributed by atoms with Crippen LogP contribution in [0.15, 0.2) is 55.3 Å². The van der Waals surface area contributed by atoms with Gasteiger partial charge in [0, 0.05) is 14.3 Å². The van der Waals surface area contributed by atoms with Gasteiger partial charge < -0.3 is 5.73 Å². The fourth-order valence-electron chi connectivity index (χ4n) is 1.59. The van der Waals surface area contributed by atoms with Crippen LogP contribution in [0.3, 0.4) is 0 Å². The van der Waals surface area contributed by atoms with Crippen molar-refractivity contribution >= 4 is 44.4 Å². The van der Waals surface area contributed by atoms with Gasteiger partial charge in [-0.2, -0.15) is 0 Å². The summed E-state index contributed by atoms with van der Waals surface area (Å²) in [4.78, 5) is 2.07. The van der Waals surface area contributed by atoms with E-state index >= 15 is 0 Å².